The van der Waals surface area contributed by atoms with Crippen molar-refractivity contribution in [3.63, 3.8) is 0 Å². The van der Waals surface area contributed by atoms with E-state index in [2.05, 4.69) is 10.6 Å². The fraction of sp³-hybridized carbons (Fsp3) is 0.500. The summed E-state index contributed by atoms with van der Waals surface area (Å²) in [5.41, 5.74) is 0.779. The Hall–Kier alpha value is -1.39. The molecule has 1 rings (SSSR count). The second kappa shape index (κ2) is 7.13. The number of amides is 1. The van der Waals surface area contributed by atoms with Crippen LogP contribution in [0, 0.1) is 5.92 Å². The molecule has 1 amide bonds. The van der Waals surface area contributed by atoms with Gasteiger partial charge in [0.25, 0.3) is 0 Å². The first kappa shape index (κ1) is 14.7. The van der Waals surface area contributed by atoms with Crippen LogP contribution in [0.3, 0.4) is 0 Å². The lowest BCUT2D eigenvalue weighted by Gasteiger charge is -2.24. The second-order valence-corrected chi connectivity index (χ2v) is 4.78. The lowest BCUT2D eigenvalue weighted by molar-refractivity contribution is -0.118. The predicted octanol–water partition coefficient (Wildman–Crippen LogP) is 1.62. The summed E-state index contributed by atoms with van der Waals surface area (Å²) in [7, 11) is 0. The molecule has 0 radical (unpaired) electrons. The Morgan fingerprint density at radius 3 is 2.33 bits per heavy atom. The molecule has 2 atom stereocenters. The zero-order valence-corrected chi connectivity index (χ0v) is 11.2. The smallest absolute Gasteiger partial charge is 0.241 e. The number of nitrogens with one attached hydrogen (secondary N) is 2. The van der Waals surface area contributed by atoms with E-state index in [-0.39, 0.29) is 30.5 Å². The predicted molar refractivity (Wildman–Crippen MR) is 73.4 cm³/mol. The van der Waals surface area contributed by atoms with Gasteiger partial charge in [-0.3, -0.25) is 4.79 Å². The summed E-state index contributed by atoms with van der Waals surface area (Å²) in [4.78, 5) is 11.9. The number of aliphatic hydroxyl groups is 1. The van der Waals surface area contributed by atoms with Crippen LogP contribution in [-0.4, -0.2) is 29.7 Å². The lowest BCUT2D eigenvalue weighted by atomic mass is 10.0. The Morgan fingerprint density at radius 1 is 1.22 bits per heavy atom. The number of aliphatic hydroxyl groups excluding tert-OH is 1. The molecule has 0 spiro atoms. The van der Waals surface area contributed by atoms with Crippen LogP contribution in [0.5, 0.6) is 0 Å². The summed E-state index contributed by atoms with van der Waals surface area (Å²) >= 11 is 0. The third kappa shape index (κ3) is 4.47. The summed E-state index contributed by atoms with van der Waals surface area (Å²) in [5.74, 6) is 0.183. The van der Waals surface area contributed by atoms with Gasteiger partial charge in [0, 0.05) is 11.7 Å². The highest BCUT2D eigenvalue weighted by Gasteiger charge is 2.19. The van der Waals surface area contributed by atoms with Crippen molar-refractivity contribution in [2.24, 2.45) is 5.92 Å². The van der Waals surface area contributed by atoms with Crippen molar-refractivity contribution in [1.29, 1.82) is 0 Å². The van der Waals surface area contributed by atoms with Crippen LogP contribution in [0.1, 0.15) is 20.8 Å². The molecule has 4 nitrogen and oxygen atoms in total. The van der Waals surface area contributed by atoms with Crippen LogP contribution >= 0.6 is 0 Å². The highest BCUT2D eigenvalue weighted by atomic mass is 16.3. The Bertz CT molecular complexity index is 365. The lowest BCUT2D eigenvalue weighted by Crippen LogP contribution is -2.47. The Morgan fingerprint density at radius 2 is 1.83 bits per heavy atom. The molecule has 4 heteroatoms. The van der Waals surface area contributed by atoms with Crippen molar-refractivity contribution >= 4 is 11.6 Å². The molecule has 0 aliphatic carbocycles. The number of anilines is 1. The molecule has 0 saturated heterocycles. The first-order valence-electron chi connectivity index (χ1n) is 6.27. The third-order valence-corrected chi connectivity index (χ3v) is 2.90. The number of benzene rings is 1. The van der Waals surface area contributed by atoms with E-state index in [0.717, 1.165) is 5.69 Å². The standard InChI is InChI=1S/C14H22N2O2/c1-10(2)13(9-17)15-11(3)14(18)16-12-7-5-4-6-8-12/h4-8,10-11,13,15,17H,9H2,1-3H3,(H,16,18)/t11?,13-/m1/s1. The van der Waals surface area contributed by atoms with Crippen LogP contribution < -0.4 is 10.6 Å². The zero-order chi connectivity index (χ0) is 13.5. The molecular weight excluding hydrogens is 228 g/mol. The summed E-state index contributed by atoms with van der Waals surface area (Å²) < 4.78 is 0. The third-order valence-electron chi connectivity index (χ3n) is 2.90. The Kier molecular flexibility index (Phi) is 5.82. The van der Waals surface area contributed by atoms with Gasteiger partial charge in [-0.1, -0.05) is 32.0 Å². The SMILES string of the molecule is CC(N[C@H](CO)C(C)C)C(=O)Nc1ccccc1. The molecule has 0 aromatic heterocycles. The van der Waals surface area contributed by atoms with Crippen LogP contribution in [0.4, 0.5) is 5.69 Å². The largest absolute Gasteiger partial charge is 0.395 e. The fourth-order valence-electron chi connectivity index (χ4n) is 1.62. The maximum absolute atomic E-state index is 11.9. The number of para-hydroxylation sites is 1. The maximum atomic E-state index is 11.9. The molecule has 0 aliphatic heterocycles. The molecule has 1 aromatic rings. The van der Waals surface area contributed by atoms with Crippen molar-refractivity contribution in [2.45, 2.75) is 32.9 Å². The first-order valence-corrected chi connectivity index (χ1v) is 6.27. The molecule has 100 valence electrons. The zero-order valence-electron chi connectivity index (χ0n) is 11.2. The molecule has 3 N–H and O–H groups in total. The van der Waals surface area contributed by atoms with E-state index in [0.29, 0.717) is 0 Å². The van der Waals surface area contributed by atoms with Gasteiger partial charge in [0.2, 0.25) is 5.91 Å². The Labute approximate surface area is 108 Å². The van der Waals surface area contributed by atoms with E-state index in [1.165, 1.54) is 0 Å². The van der Waals surface area contributed by atoms with E-state index in [1.807, 2.05) is 44.2 Å². The molecule has 0 heterocycles. The van der Waals surface area contributed by atoms with Crippen LogP contribution in [-0.2, 0) is 4.79 Å². The van der Waals surface area contributed by atoms with Crippen LogP contribution in [0.25, 0.3) is 0 Å². The van der Waals surface area contributed by atoms with E-state index in [1.54, 1.807) is 6.92 Å². The fourth-order valence-corrected chi connectivity index (χ4v) is 1.62. The summed E-state index contributed by atoms with van der Waals surface area (Å²) in [6.45, 7) is 5.84. The van der Waals surface area contributed by atoms with Gasteiger partial charge < -0.3 is 15.7 Å². The van der Waals surface area contributed by atoms with Gasteiger partial charge in [-0.2, -0.15) is 0 Å². The quantitative estimate of drug-likeness (QED) is 0.719. The number of carbonyl (C=O) groups excluding carboxylic acids is 1. The number of hydrogen-bond donors (Lipinski definition) is 3. The van der Waals surface area contributed by atoms with Gasteiger partial charge in [-0.25, -0.2) is 0 Å². The van der Waals surface area contributed by atoms with E-state index in [4.69, 9.17) is 0 Å². The highest BCUT2D eigenvalue weighted by Crippen LogP contribution is 2.07. The van der Waals surface area contributed by atoms with E-state index >= 15 is 0 Å². The minimum absolute atomic E-state index is 0.0284. The monoisotopic (exact) mass is 250 g/mol. The Balaban J connectivity index is 2.51. The summed E-state index contributed by atoms with van der Waals surface area (Å²) in [6.07, 6.45) is 0. The normalized spacial score (nSPS) is 14.3. The maximum Gasteiger partial charge on any atom is 0.241 e. The van der Waals surface area contributed by atoms with Crippen LogP contribution in [0.2, 0.25) is 0 Å². The van der Waals surface area contributed by atoms with Crippen LogP contribution in [0.15, 0.2) is 30.3 Å². The average molecular weight is 250 g/mol. The highest BCUT2D eigenvalue weighted by molar-refractivity contribution is 5.94. The molecule has 18 heavy (non-hydrogen) atoms. The van der Waals surface area contributed by atoms with Gasteiger partial charge in [0.1, 0.15) is 0 Å². The molecular formula is C14H22N2O2. The molecule has 1 aromatic carbocycles. The molecule has 0 bridgehead atoms. The minimum atomic E-state index is -0.343. The van der Waals surface area contributed by atoms with Gasteiger partial charge >= 0.3 is 0 Å². The van der Waals surface area contributed by atoms with Crippen molar-refractivity contribution < 1.29 is 9.90 Å². The van der Waals surface area contributed by atoms with Gasteiger partial charge in [0.15, 0.2) is 0 Å². The minimum Gasteiger partial charge on any atom is -0.395 e. The molecule has 0 fully saturated rings. The van der Waals surface area contributed by atoms with Gasteiger partial charge in [0.05, 0.1) is 12.6 Å². The van der Waals surface area contributed by atoms with Crippen molar-refractivity contribution in [3.8, 4) is 0 Å². The summed E-state index contributed by atoms with van der Waals surface area (Å²) in [6, 6.07) is 8.92. The van der Waals surface area contributed by atoms with Gasteiger partial charge in [-0.05, 0) is 25.0 Å². The number of hydrogen-bond acceptors (Lipinski definition) is 3. The molecule has 0 aliphatic rings. The summed E-state index contributed by atoms with van der Waals surface area (Å²) in [5, 5.41) is 15.2. The average Bonchev–Trinajstić information content (AvgIpc) is 2.36. The van der Waals surface area contributed by atoms with E-state index in [9.17, 15) is 9.90 Å². The number of rotatable bonds is 6. The van der Waals surface area contributed by atoms with E-state index < -0.39 is 0 Å². The number of carbonyl (C=O) groups is 1. The van der Waals surface area contributed by atoms with Crippen molar-refractivity contribution in [3.05, 3.63) is 30.3 Å². The molecule has 1 unspecified atom stereocenters. The second-order valence-electron chi connectivity index (χ2n) is 4.78. The van der Waals surface area contributed by atoms with Crippen molar-refractivity contribution in [2.75, 3.05) is 11.9 Å². The molecule has 0 saturated carbocycles. The van der Waals surface area contributed by atoms with Crippen molar-refractivity contribution in [1.82, 2.24) is 5.32 Å². The first-order chi connectivity index (χ1) is 8.54. The van der Waals surface area contributed by atoms with Gasteiger partial charge in [-0.15, -0.1) is 0 Å². The topological polar surface area (TPSA) is 61.4 Å².